The summed E-state index contributed by atoms with van der Waals surface area (Å²) in [7, 11) is 0. The van der Waals surface area contributed by atoms with Crippen molar-refractivity contribution in [3.05, 3.63) is 57.8 Å². The van der Waals surface area contributed by atoms with Crippen molar-refractivity contribution in [1.29, 1.82) is 0 Å². The highest BCUT2D eigenvalue weighted by Gasteiger charge is 2.34. The molecular formula is C18H16BrN3O4. The maximum absolute atomic E-state index is 12.0. The number of hydrogen-bond donors (Lipinski definition) is 0. The third-order valence-corrected chi connectivity index (χ3v) is 4.03. The Labute approximate surface area is 158 Å². The number of pyridine rings is 1. The summed E-state index contributed by atoms with van der Waals surface area (Å²) >= 11 is 3.36. The standard InChI is InChI=1S/C18H16BrN3O4/c1-10-4-5-16(25-12(3)24)15(6-10)17-21-22(11(2)23)18(26-17)13-7-14(19)9-20-8-13/h4-9,18H,1-3H3/t18-/m0/s1. The molecule has 0 bridgehead atoms. The molecular weight excluding hydrogens is 402 g/mol. The van der Waals surface area contributed by atoms with E-state index in [1.54, 1.807) is 30.6 Å². The number of benzene rings is 1. The molecule has 0 N–H and O–H groups in total. The molecule has 0 aliphatic carbocycles. The molecule has 1 aliphatic heterocycles. The summed E-state index contributed by atoms with van der Waals surface area (Å²) in [5, 5.41) is 5.53. The Hall–Kier alpha value is -2.74. The fraction of sp³-hybridized carbons (Fsp3) is 0.222. The predicted octanol–water partition coefficient (Wildman–Crippen LogP) is 3.32. The first-order valence-electron chi connectivity index (χ1n) is 7.80. The minimum absolute atomic E-state index is 0.199. The Morgan fingerprint density at radius 3 is 2.65 bits per heavy atom. The van der Waals surface area contributed by atoms with Crippen LogP contribution in [0, 0.1) is 6.92 Å². The summed E-state index contributed by atoms with van der Waals surface area (Å²) in [5.41, 5.74) is 2.09. The van der Waals surface area contributed by atoms with E-state index in [1.165, 1.54) is 18.9 Å². The zero-order chi connectivity index (χ0) is 18.8. The number of aromatic nitrogens is 1. The maximum atomic E-state index is 12.0. The lowest BCUT2D eigenvalue weighted by Gasteiger charge is -2.19. The Bertz CT molecular complexity index is 913. The van der Waals surface area contributed by atoms with Crippen molar-refractivity contribution in [2.24, 2.45) is 5.10 Å². The molecule has 1 atom stereocenters. The molecule has 2 aromatic rings. The van der Waals surface area contributed by atoms with Crippen LogP contribution in [-0.2, 0) is 14.3 Å². The summed E-state index contributed by atoms with van der Waals surface area (Å²) in [4.78, 5) is 27.5. The largest absolute Gasteiger partial charge is 0.446 e. The van der Waals surface area contributed by atoms with Gasteiger partial charge in [-0.3, -0.25) is 14.6 Å². The van der Waals surface area contributed by atoms with Crippen LogP contribution >= 0.6 is 15.9 Å². The number of nitrogens with zero attached hydrogens (tertiary/aromatic N) is 3. The molecule has 0 radical (unpaired) electrons. The number of amides is 1. The van der Waals surface area contributed by atoms with E-state index >= 15 is 0 Å². The molecule has 0 saturated heterocycles. The van der Waals surface area contributed by atoms with Gasteiger partial charge >= 0.3 is 5.97 Å². The van der Waals surface area contributed by atoms with Crippen LogP contribution in [-0.4, -0.2) is 27.8 Å². The molecule has 0 spiro atoms. The molecule has 3 rings (SSSR count). The fourth-order valence-corrected chi connectivity index (χ4v) is 2.89. The van der Waals surface area contributed by atoms with Crippen LogP contribution in [0.3, 0.4) is 0 Å². The average molecular weight is 418 g/mol. The number of halogens is 1. The van der Waals surface area contributed by atoms with Crippen molar-refractivity contribution < 1.29 is 19.1 Å². The Morgan fingerprint density at radius 1 is 1.23 bits per heavy atom. The second-order valence-electron chi connectivity index (χ2n) is 5.77. The second kappa shape index (κ2) is 7.25. The molecule has 2 heterocycles. The molecule has 26 heavy (non-hydrogen) atoms. The molecule has 8 heteroatoms. The Kier molecular flexibility index (Phi) is 5.03. The van der Waals surface area contributed by atoms with Crippen molar-refractivity contribution in [3.63, 3.8) is 0 Å². The molecule has 1 aromatic carbocycles. The lowest BCUT2D eigenvalue weighted by atomic mass is 10.1. The molecule has 1 aliphatic rings. The number of hydrogen-bond acceptors (Lipinski definition) is 6. The molecule has 0 saturated carbocycles. The number of carbonyl (C=O) groups is 2. The van der Waals surface area contributed by atoms with Gasteiger partial charge in [-0.15, -0.1) is 5.10 Å². The van der Waals surface area contributed by atoms with Gasteiger partial charge in [0.15, 0.2) is 0 Å². The van der Waals surface area contributed by atoms with Crippen molar-refractivity contribution in [2.45, 2.75) is 27.0 Å². The van der Waals surface area contributed by atoms with Crippen molar-refractivity contribution in [1.82, 2.24) is 9.99 Å². The van der Waals surface area contributed by atoms with Crippen LogP contribution in [0.25, 0.3) is 0 Å². The minimum Gasteiger partial charge on any atom is -0.446 e. The summed E-state index contributed by atoms with van der Waals surface area (Å²) in [6.45, 7) is 4.62. The van der Waals surface area contributed by atoms with Gasteiger partial charge in [-0.25, -0.2) is 0 Å². The van der Waals surface area contributed by atoms with Gasteiger partial charge in [0, 0.05) is 36.3 Å². The highest BCUT2D eigenvalue weighted by Crippen LogP contribution is 2.33. The van der Waals surface area contributed by atoms with Crippen molar-refractivity contribution >= 4 is 33.7 Å². The van der Waals surface area contributed by atoms with E-state index in [2.05, 4.69) is 26.0 Å². The summed E-state index contributed by atoms with van der Waals surface area (Å²) in [6.07, 6.45) is 2.49. The SMILES string of the molecule is CC(=O)Oc1ccc(C)cc1C1=NN(C(C)=O)[C@H](c2cncc(Br)c2)O1. The zero-order valence-corrected chi connectivity index (χ0v) is 16.0. The number of hydrazone groups is 1. The third-order valence-electron chi connectivity index (χ3n) is 3.60. The van der Waals surface area contributed by atoms with Crippen molar-refractivity contribution in [2.75, 3.05) is 0 Å². The average Bonchev–Trinajstić information content (AvgIpc) is 3.01. The topological polar surface area (TPSA) is 81.1 Å². The van der Waals surface area contributed by atoms with E-state index in [0.29, 0.717) is 16.9 Å². The smallest absolute Gasteiger partial charge is 0.308 e. The first-order chi connectivity index (χ1) is 12.3. The lowest BCUT2D eigenvalue weighted by molar-refractivity contribution is -0.135. The highest BCUT2D eigenvalue weighted by molar-refractivity contribution is 9.10. The molecule has 1 amide bonds. The lowest BCUT2D eigenvalue weighted by Crippen LogP contribution is -2.25. The van der Waals surface area contributed by atoms with Gasteiger partial charge in [0.2, 0.25) is 18.0 Å². The van der Waals surface area contributed by atoms with Crippen molar-refractivity contribution in [3.8, 4) is 5.75 Å². The van der Waals surface area contributed by atoms with Gasteiger partial charge in [-0.2, -0.15) is 5.01 Å². The number of esters is 1. The first kappa shape index (κ1) is 18.1. The second-order valence-corrected chi connectivity index (χ2v) is 6.68. The normalized spacial score (nSPS) is 16.1. The van der Waals surface area contributed by atoms with Gasteiger partial charge in [0.05, 0.1) is 5.56 Å². The van der Waals surface area contributed by atoms with E-state index in [-0.39, 0.29) is 11.8 Å². The molecule has 0 unspecified atom stereocenters. The van der Waals surface area contributed by atoms with E-state index in [0.717, 1.165) is 10.0 Å². The Balaban J connectivity index is 2.02. The molecule has 7 nitrogen and oxygen atoms in total. The van der Waals surface area contributed by atoms with Crippen LogP contribution in [0.4, 0.5) is 0 Å². The summed E-state index contributed by atoms with van der Waals surface area (Å²) < 4.78 is 11.9. The number of ether oxygens (including phenoxy) is 2. The molecule has 1 aromatic heterocycles. The van der Waals surface area contributed by atoms with Crippen LogP contribution < -0.4 is 4.74 Å². The van der Waals surface area contributed by atoms with Crippen LogP contribution in [0.1, 0.15) is 36.8 Å². The zero-order valence-electron chi connectivity index (χ0n) is 14.4. The first-order valence-corrected chi connectivity index (χ1v) is 8.59. The van der Waals surface area contributed by atoms with Gasteiger partial charge in [0.1, 0.15) is 5.75 Å². The Morgan fingerprint density at radius 2 is 2.00 bits per heavy atom. The summed E-state index contributed by atoms with van der Waals surface area (Å²) in [6, 6.07) is 7.08. The molecule has 134 valence electrons. The van der Waals surface area contributed by atoms with E-state index in [9.17, 15) is 9.59 Å². The number of aryl methyl sites for hydroxylation is 1. The number of carbonyl (C=O) groups excluding carboxylic acids is 2. The predicted molar refractivity (Wildman–Crippen MR) is 97.3 cm³/mol. The minimum atomic E-state index is -0.752. The van der Waals surface area contributed by atoms with Gasteiger partial charge in [-0.1, -0.05) is 11.6 Å². The van der Waals surface area contributed by atoms with Gasteiger partial charge in [-0.05, 0) is 41.1 Å². The van der Waals surface area contributed by atoms with Crippen LogP contribution in [0.15, 0.2) is 46.2 Å². The van der Waals surface area contributed by atoms with E-state index < -0.39 is 12.2 Å². The third kappa shape index (κ3) is 3.75. The number of rotatable bonds is 3. The van der Waals surface area contributed by atoms with Crippen LogP contribution in [0.2, 0.25) is 0 Å². The van der Waals surface area contributed by atoms with E-state index in [4.69, 9.17) is 9.47 Å². The van der Waals surface area contributed by atoms with Gasteiger partial charge < -0.3 is 9.47 Å². The quantitative estimate of drug-likeness (QED) is 0.565. The van der Waals surface area contributed by atoms with Gasteiger partial charge in [0.25, 0.3) is 0 Å². The van der Waals surface area contributed by atoms with E-state index in [1.807, 2.05) is 13.0 Å². The molecule has 0 fully saturated rings. The maximum Gasteiger partial charge on any atom is 0.308 e. The highest BCUT2D eigenvalue weighted by atomic mass is 79.9. The summed E-state index contributed by atoms with van der Waals surface area (Å²) in [5.74, 6) is -0.222. The monoisotopic (exact) mass is 417 g/mol. The van der Waals surface area contributed by atoms with Crippen LogP contribution in [0.5, 0.6) is 5.75 Å². The fourth-order valence-electron chi connectivity index (χ4n) is 2.51.